The molecule has 0 radical (unpaired) electrons. The molecule has 0 atom stereocenters. The lowest BCUT2D eigenvalue weighted by Crippen LogP contribution is -2.41. The van der Waals surface area contributed by atoms with Gasteiger partial charge in [0, 0.05) is 25.6 Å². The molecule has 0 aliphatic carbocycles. The normalized spacial score (nSPS) is 20.1. The Labute approximate surface area is 424 Å². The molecule has 0 unspecified atom stereocenters. The van der Waals surface area contributed by atoms with Crippen LogP contribution in [-0.2, 0) is 43.5 Å². The summed E-state index contributed by atoms with van der Waals surface area (Å²) >= 11 is 0. The molecule has 2 aromatic carbocycles. The maximum Gasteiger partial charge on any atom is 0.494 e. The van der Waals surface area contributed by atoms with E-state index in [1.807, 2.05) is 118 Å². The van der Waals surface area contributed by atoms with Gasteiger partial charge in [0.25, 0.3) is 0 Å². The topological polar surface area (TPSA) is 109 Å². The second-order valence-corrected chi connectivity index (χ2v) is 23.8. The van der Waals surface area contributed by atoms with Gasteiger partial charge in [0.2, 0.25) is 0 Å². The third-order valence-electron chi connectivity index (χ3n) is 14.2. The van der Waals surface area contributed by atoms with E-state index in [1.54, 1.807) is 14.2 Å². The monoisotopic (exact) mass is 965 g/mol. The molecule has 4 aliphatic rings. The van der Waals surface area contributed by atoms with Gasteiger partial charge in [-0.2, -0.15) is 0 Å². The summed E-state index contributed by atoms with van der Waals surface area (Å²) in [5.41, 5.74) is 6.02. The van der Waals surface area contributed by atoms with Crippen LogP contribution >= 0.6 is 0 Å². The molecule has 0 bridgehead atoms. The summed E-state index contributed by atoms with van der Waals surface area (Å²) < 4.78 is 51.1. The number of hydrogen-bond acceptors (Lipinski definition) is 11. The minimum Gasteiger partial charge on any atom is -0.497 e. The summed E-state index contributed by atoms with van der Waals surface area (Å²) in [7, 11) is 2.06. The van der Waals surface area contributed by atoms with Crippen LogP contribution in [0.4, 0.5) is 0 Å². The molecular formula is C56H87B3N2O9. The molecule has 4 saturated heterocycles. The summed E-state index contributed by atoms with van der Waals surface area (Å²) in [5, 5.41) is 0. The Hall–Kier alpha value is -3.75. The van der Waals surface area contributed by atoms with E-state index < -0.39 is 14.0 Å². The number of aryl methyl sites for hydroxylation is 2. The fourth-order valence-corrected chi connectivity index (χ4v) is 7.34. The van der Waals surface area contributed by atoms with Gasteiger partial charge in [-0.05, 0) is 197 Å². The van der Waals surface area contributed by atoms with Crippen molar-refractivity contribution in [2.75, 3.05) is 27.4 Å². The van der Waals surface area contributed by atoms with Gasteiger partial charge in [0.05, 0.1) is 59.2 Å². The Bertz CT molecular complexity index is 2150. The molecule has 0 amide bonds. The number of methoxy groups -OCH3 is 2. The summed E-state index contributed by atoms with van der Waals surface area (Å²) in [6.45, 7) is 43.8. The van der Waals surface area contributed by atoms with Gasteiger partial charge in [-0.25, -0.2) is 0 Å². The number of rotatable bonds is 5. The van der Waals surface area contributed by atoms with E-state index in [4.69, 9.17) is 42.1 Å². The summed E-state index contributed by atoms with van der Waals surface area (Å²) in [6, 6.07) is 22.5. The van der Waals surface area contributed by atoms with Crippen molar-refractivity contribution in [1.82, 2.24) is 9.97 Å². The molecule has 6 heterocycles. The van der Waals surface area contributed by atoms with Crippen molar-refractivity contribution >= 4 is 26.6 Å². The van der Waals surface area contributed by atoms with E-state index in [0.29, 0.717) is 0 Å². The van der Waals surface area contributed by atoms with Crippen molar-refractivity contribution in [2.45, 2.75) is 196 Å². The minimum atomic E-state index is -0.476. The largest absolute Gasteiger partial charge is 0.497 e. The zero-order chi connectivity index (χ0) is 52.7. The molecule has 4 aliphatic heterocycles. The van der Waals surface area contributed by atoms with Crippen LogP contribution in [-0.4, -0.2) is 92.1 Å². The first-order valence-corrected chi connectivity index (χ1v) is 25.0. The maximum absolute atomic E-state index is 6.03. The molecule has 8 rings (SSSR count). The van der Waals surface area contributed by atoms with Gasteiger partial charge in [0.15, 0.2) is 0 Å². The lowest BCUT2D eigenvalue weighted by Gasteiger charge is -2.32. The lowest BCUT2D eigenvalue weighted by molar-refractivity contribution is 0.00578. The summed E-state index contributed by atoms with van der Waals surface area (Å²) in [4.78, 5) is 8.97. The van der Waals surface area contributed by atoms with Gasteiger partial charge in [-0.1, -0.05) is 59.7 Å². The molecule has 384 valence electrons. The Balaban J connectivity index is 0.000000201. The molecular weight excluding hydrogens is 877 g/mol. The minimum absolute atomic E-state index is 0.124. The van der Waals surface area contributed by atoms with Crippen LogP contribution in [0.5, 0.6) is 11.5 Å². The lowest BCUT2D eigenvalue weighted by atomic mass is 9.49. The van der Waals surface area contributed by atoms with Gasteiger partial charge >= 0.3 is 21.1 Å². The van der Waals surface area contributed by atoms with Crippen LogP contribution in [0.3, 0.4) is 0 Å². The fourth-order valence-electron chi connectivity index (χ4n) is 7.34. The van der Waals surface area contributed by atoms with Crippen molar-refractivity contribution < 1.29 is 42.1 Å². The SMILES string of the molecule is C1CCOC1.CC(C)(C)c1ccnc(-c2cc(C(C)(C)C)ccn2)c1.CC1(C)OB(B2OC(C)(C)C(C)(C)O2)OC1(C)C.COc1cc(C)cc(B2OC(C)(C)C(C)(C)O2)c1.COc1cccc(C)c1. The van der Waals surface area contributed by atoms with Crippen LogP contribution < -0.4 is 14.9 Å². The molecule has 11 nitrogen and oxygen atoms in total. The standard InChI is InChI=1S/C18H24N2.C14H21BO3.C12H24B2O4.C8H10O.C4H8O/c1-17(2,3)13-7-9-19-15(11-13)16-12-14(8-10-20-16)18(4,5)6;1-10-7-11(9-12(8-10)16-6)15-17-13(2,3)14(4,5)18-15;1-9(2)10(3,4)16-13(15-9)14-17-11(5,6)12(7,8)18-14;1-7-4-3-5-8(6-7)9-2;1-2-4-5-3-1/h7-12H,1-6H3;7-9H,1-6H3;1-8H3;3-6H,1-2H3;1-4H2. The molecule has 0 saturated carbocycles. The number of aromatic nitrogens is 2. The van der Waals surface area contributed by atoms with Crippen molar-refractivity contribution in [1.29, 1.82) is 0 Å². The highest BCUT2D eigenvalue weighted by Gasteiger charge is 2.63. The van der Waals surface area contributed by atoms with Crippen LogP contribution in [0.1, 0.15) is 160 Å². The Morgan fingerprint density at radius 3 is 1.19 bits per heavy atom. The van der Waals surface area contributed by atoms with E-state index in [0.717, 1.165) is 47.1 Å². The Morgan fingerprint density at radius 2 is 0.857 bits per heavy atom. The van der Waals surface area contributed by atoms with E-state index >= 15 is 0 Å². The highest BCUT2D eigenvalue weighted by molar-refractivity contribution is 7.11. The summed E-state index contributed by atoms with van der Waals surface area (Å²) in [6.07, 6.45) is 6.31. The Kier molecular flexibility index (Phi) is 19.3. The summed E-state index contributed by atoms with van der Waals surface area (Å²) in [5.74, 6) is 1.76. The third kappa shape index (κ3) is 15.6. The second kappa shape index (κ2) is 23.0. The number of hydrogen-bond donors (Lipinski definition) is 0. The van der Waals surface area contributed by atoms with Gasteiger partial charge in [0.1, 0.15) is 11.5 Å². The van der Waals surface area contributed by atoms with Crippen molar-refractivity contribution in [3.8, 4) is 22.9 Å². The van der Waals surface area contributed by atoms with E-state index in [9.17, 15) is 0 Å². The van der Waals surface area contributed by atoms with Crippen molar-refractivity contribution in [2.24, 2.45) is 0 Å². The third-order valence-corrected chi connectivity index (χ3v) is 14.2. The molecule has 2 aromatic heterocycles. The van der Waals surface area contributed by atoms with Gasteiger partial charge < -0.3 is 42.1 Å². The quantitative estimate of drug-likeness (QED) is 0.178. The van der Waals surface area contributed by atoms with Gasteiger partial charge in [-0.3, -0.25) is 9.97 Å². The van der Waals surface area contributed by atoms with Crippen molar-refractivity contribution in [3.63, 3.8) is 0 Å². The second-order valence-electron chi connectivity index (χ2n) is 23.8. The van der Waals surface area contributed by atoms with Crippen LogP contribution in [0.2, 0.25) is 0 Å². The van der Waals surface area contributed by atoms with Crippen LogP contribution in [0.15, 0.2) is 79.1 Å². The number of ether oxygens (including phenoxy) is 3. The maximum atomic E-state index is 6.03. The first-order chi connectivity index (χ1) is 32.1. The van der Waals surface area contributed by atoms with Crippen LogP contribution in [0, 0.1) is 13.8 Å². The number of pyridine rings is 2. The first-order valence-electron chi connectivity index (χ1n) is 25.0. The molecule has 0 N–H and O–H groups in total. The molecule has 4 aromatic rings. The first kappa shape index (κ1) is 58.8. The smallest absolute Gasteiger partial charge is 0.494 e. The molecule has 14 heteroatoms. The zero-order valence-electron chi connectivity index (χ0n) is 47.1. The highest BCUT2D eigenvalue weighted by Crippen LogP contribution is 2.43. The molecule has 70 heavy (non-hydrogen) atoms. The van der Waals surface area contributed by atoms with Gasteiger partial charge in [-0.15, -0.1) is 0 Å². The molecule has 4 fully saturated rings. The Morgan fingerprint density at radius 1 is 0.471 bits per heavy atom. The molecule has 0 spiro atoms. The fraction of sp³-hybridized carbons (Fsp3) is 0.607. The van der Waals surface area contributed by atoms with E-state index in [1.165, 1.54) is 29.5 Å². The zero-order valence-corrected chi connectivity index (χ0v) is 47.1. The van der Waals surface area contributed by atoms with E-state index in [2.05, 4.69) is 110 Å². The van der Waals surface area contributed by atoms with Crippen LogP contribution in [0.25, 0.3) is 11.4 Å². The van der Waals surface area contributed by atoms with E-state index in [-0.39, 0.29) is 51.6 Å². The number of nitrogens with zero attached hydrogens (tertiary/aromatic N) is 2. The predicted molar refractivity (Wildman–Crippen MR) is 288 cm³/mol. The number of benzene rings is 2. The highest BCUT2D eigenvalue weighted by atomic mass is 16.7. The average molecular weight is 965 g/mol. The predicted octanol–water partition coefficient (Wildman–Crippen LogP) is 12.1. The van der Waals surface area contributed by atoms with Crippen molar-refractivity contribution in [3.05, 3.63) is 101 Å². The average Bonchev–Trinajstić information content (AvgIpc) is 4.01.